The second-order valence-corrected chi connectivity index (χ2v) is 7.34. The van der Waals surface area contributed by atoms with E-state index in [2.05, 4.69) is 28.8 Å². The SMILES string of the molecule is O=CN1CCCc2cc(C3CC3NCC3CCNCC3)ccc21. The molecule has 124 valence electrons. The van der Waals surface area contributed by atoms with Crippen LogP contribution < -0.4 is 15.5 Å². The number of hydrogen-bond donors (Lipinski definition) is 2. The third kappa shape index (κ3) is 3.29. The van der Waals surface area contributed by atoms with Crippen molar-refractivity contribution in [3.05, 3.63) is 29.3 Å². The van der Waals surface area contributed by atoms with Crippen molar-refractivity contribution >= 4 is 12.1 Å². The van der Waals surface area contributed by atoms with Crippen LogP contribution in [-0.2, 0) is 11.2 Å². The number of amides is 1. The number of anilines is 1. The van der Waals surface area contributed by atoms with Crippen LogP contribution >= 0.6 is 0 Å². The summed E-state index contributed by atoms with van der Waals surface area (Å²) >= 11 is 0. The molecule has 1 saturated carbocycles. The highest BCUT2D eigenvalue weighted by atomic mass is 16.1. The number of piperidine rings is 1. The quantitative estimate of drug-likeness (QED) is 0.818. The van der Waals surface area contributed by atoms with Crippen molar-refractivity contribution in [2.24, 2.45) is 5.92 Å². The second kappa shape index (κ2) is 6.62. The number of nitrogens with zero attached hydrogens (tertiary/aromatic N) is 1. The number of benzene rings is 1. The molecule has 4 rings (SSSR count). The first kappa shape index (κ1) is 15.2. The van der Waals surface area contributed by atoms with Crippen LogP contribution in [0, 0.1) is 5.92 Å². The Bertz CT molecular complexity index is 568. The van der Waals surface area contributed by atoms with Crippen LogP contribution in [0.4, 0.5) is 5.69 Å². The zero-order valence-corrected chi connectivity index (χ0v) is 13.8. The van der Waals surface area contributed by atoms with E-state index >= 15 is 0 Å². The molecule has 2 atom stereocenters. The van der Waals surface area contributed by atoms with Gasteiger partial charge >= 0.3 is 0 Å². The molecule has 0 bridgehead atoms. The van der Waals surface area contributed by atoms with Gasteiger partial charge in [0.05, 0.1) is 0 Å². The maximum atomic E-state index is 11.2. The lowest BCUT2D eigenvalue weighted by molar-refractivity contribution is -0.107. The lowest BCUT2D eigenvalue weighted by Gasteiger charge is -2.26. The van der Waals surface area contributed by atoms with E-state index in [1.165, 1.54) is 50.0 Å². The summed E-state index contributed by atoms with van der Waals surface area (Å²) in [4.78, 5) is 13.0. The summed E-state index contributed by atoms with van der Waals surface area (Å²) in [5, 5.41) is 7.21. The van der Waals surface area contributed by atoms with Gasteiger partial charge in [-0.2, -0.15) is 0 Å². The molecule has 2 unspecified atom stereocenters. The molecular formula is C19H27N3O. The highest BCUT2D eigenvalue weighted by Gasteiger charge is 2.38. The van der Waals surface area contributed by atoms with E-state index in [0.717, 1.165) is 37.4 Å². The third-order valence-corrected chi connectivity index (χ3v) is 5.73. The number of carbonyl (C=O) groups is 1. The van der Waals surface area contributed by atoms with Crippen molar-refractivity contribution in [2.75, 3.05) is 31.1 Å². The van der Waals surface area contributed by atoms with E-state index < -0.39 is 0 Å². The topological polar surface area (TPSA) is 44.4 Å². The molecule has 2 aliphatic heterocycles. The number of fused-ring (bicyclic) bond motifs is 1. The predicted molar refractivity (Wildman–Crippen MR) is 92.9 cm³/mol. The third-order valence-electron chi connectivity index (χ3n) is 5.73. The van der Waals surface area contributed by atoms with Crippen molar-refractivity contribution in [3.63, 3.8) is 0 Å². The first-order valence-corrected chi connectivity index (χ1v) is 9.14. The van der Waals surface area contributed by atoms with Crippen molar-refractivity contribution in [1.82, 2.24) is 10.6 Å². The number of hydrogen-bond acceptors (Lipinski definition) is 3. The number of rotatable bonds is 5. The van der Waals surface area contributed by atoms with Gasteiger partial charge in [0.25, 0.3) is 0 Å². The molecule has 1 saturated heterocycles. The van der Waals surface area contributed by atoms with Gasteiger partial charge in [0.15, 0.2) is 0 Å². The maximum Gasteiger partial charge on any atom is 0.214 e. The Labute approximate surface area is 138 Å². The molecule has 23 heavy (non-hydrogen) atoms. The van der Waals surface area contributed by atoms with Gasteiger partial charge in [-0.1, -0.05) is 12.1 Å². The van der Waals surface area contributed by atoms with Crippen molar-refractivity contribution in [3.8, 4) is 0 Å². The summed E-state index contributed by atoms with van der Waals surface area (Å²) < 4.78 is 0. The molecule has 2 fully saturated rings. The minimum absolute atomic E-state index is 0.661. The fourth-order valence-corrected chi connectivity index (χ4v) is 4.18. The van der Waals surface area contributed by atoms with Crippen LogP contribution in [0.2, 0.25) is 0 Å². The Hall–Kier alpha value is -1.39. The molecule has 2 N–H and O–H groups in total. The maximum absolute atomic E-state index is 11.2. The van der Waals surface area contributed by atoms with Crippen molar-refractivity contribution in [1.29, 1.82) is 0 Å². The molecule has 3 aliphatic rings. The van der Waals surface area contributed by atoms with E-state index in [1.54, 1.807) is 0 Å². The standard InChI is InChI=1S/C19H27N3O/c23-13-22-9-1-2-16-10-15(3-4-19(16)22)17-11-18(17)21-12-14-5-7-20-8-6-14/h3-4,10,13-14,17-18,20-21H,1-2,5-9,11-12H2. The van der Waals surface area contributed by atoms with Gasteiger partial charge in [-0.15, -0.1) is 0 Å². The average Bonchev–Trinajstić information content (AvgIpc) is 3.39. The van der Waals surface area contributed by atoms with Gasteiger partial charge in [-0.05, 0) is 74.8 Å². The molecule has 4 nitrogen and oxygen atoms in total. The molecule has 1 aliphatic carbocycles. The first-order valence-electron chi connectivity index (χ1n) is 9.14. The Morgan fingerprint density at radius 1 is 1.30 bits per heavy atom. The average molecular weight is 313 g/mol. The summed E-state index contributed by atoms with van der Waals surface area (Å²) in [7, 11) is 0. The van der Waals surface area contributed by atoms with Crippen molar-refractivity contribution in [2.45, 2.75) is 44.1 Å². The Balaban J connectivity index is 1.35. The highest BCUT2D eigenvalue weighted by Crippen LogP contribution is 2.42. The lowest BCUT2D eigenvalue weighted by atomic mass is 9.97. The molecule has 0 aromatic heterocycles. The molecule has 4 heteroatoms. The van der Waals surface area contributed by atoms with Gasteiger partial charge in [-0.25, -0.2) is 0 Å². The van der Waals surface area contributed by atoms with Crippen LogP contribution in [0.25, 0.3) is 0 Å². The van der Waals surface area contributed by atoms with Gasteiger partial charge in [-0.3, -0.25) is 4.79 Å². The fraction of sp³-hybridized carbons (Fsp3) is 0.632. The molecule has 0 radical (unpaired) electrons. The zero-order chi connectivity index (χ0) is 15.6. The minimum Gasteiger partial charge on any atom is -0.317 e. The van der Waals surface area contributed by atoms with E-state index in [0.29, 0.717) is 12.0 Å². The van der Waals surface area contributed by atoms with Crippen LogP contribution in [0.1, 0.15) is 42.7 Å². The van der Waals surface area contributed by atoms with Crippen LogP contribution in [-0.4, -0.2) is 38.6 Å². The monoisotopic (exact) mass is 313 g/mol. The van der Waals surface area contributed by atoms with E-state index in [1.807, 2.05) is 4.90 Å². The highest BCUT2D eigenvalue weighted by molar-refractivity contribution is 5.78. The molecule has 1 aromatic carbocycles. The van der Waals surface area contributed by atoms with Gasteiger partial charge < -0.3 is 15.5 Å². The normalized spacial score (nSPS) is 27.6. The van der Waals surface area contributed by atoms with E-state index in [-0.39, 0.29) is 0 Å². The summed E-state index contributed by atoms with van der Waals surface area (Å²) in [5.74, 6) is 1.52. The summed E-state index contributed by atoms with van der Waals surface area (Å²) in [5.41, 5.74) is 3.93. The Morgan fingerprint density at radius 2 is 2.17 bits per heavy atom. The molecule has 0 spiro atoms. The van der Waals surface area contributed by atoms with Gasteiger partial charge in [0.1, 0.15) is 0 Å². The molecule has 1 aromatic rings. The number of carbonyl (C=O) groups excluding carboxylic acids is 1. The van der Waals surface area contributed by atoms with Gasteiger partial charge in [0.2, 0.25) is 6.41 Å². The first-order chi connectivity index (χ1) is 11.3. The summed E-state index contributed by atoms with van der Waals surface area (Å²) in [6, 6.07) is 7.40. The van der Waals surface area contributed by atoms with Crippen LogP contribution in [0.5, 0.6) is 0 Å². The second-order valence-electron chi connectivity index (χ2n) is 7.34. The van der Waals surface area contributed by atoms with E-state index in [4.69, 9.17) is 0 Å². The zero-order valence-electron chi connectivity index (χ0n) is 13.8. The number of aryl methyl sites for hydroxylation is 1. The lowest BCUT2D eigenvalue weighted by Crippen LogP contribution is -2.34. The Kier molecular flexibility index (Phi) is 4.36. The van der Waals surface area contributed by atoms with Crippen LogP contribution in [0.3, 0.4) is 0 Å². The van der Waals surface area contributed by atoms with Crippen molar-refractivity contribution < 1.29 is 4.79 Å². The molecule has 2 heterocycles. The fourth-order valence-electron chi connectivity index (χ4n) is 4.18. The largest absolute Gasteiger partial charge is 0.317 e. The van der Waals surface area contributed by atoms with Crippen LogP contribution in [0.15, 0.2) is 18.2 Å². The number of nitrogens with one attached hydrogen (secondary N) is 2. The minimum atomic E-state index is 0.661. The smallest absolute Gasteiger partial charge is 0.214 e. The molecule has 1 amide bonds. The summed E-state index contributed by atoms with van der Waals surface area (Å²) in [6.07, 6.45) is 7.04. The van der Waals surface area contributed by atoms with Gasteiger partial charge in [0, 0.05) is 24.2 Å². The van der Waals surface area contributed by atoms with E-state index in [9.17, 15) is 4.79 Å². The Morgan fingerprint density at radius 3 is 3.00 bits per heavy atom. The molecular weight excluding hydrogens is 286 g/mol. The predicted octanol–water partition coefficient (Wildman–Crippen LogP) is 2.04. The summed E-state index contributed by atoms with van der Waals surface area (Å²) in [6.45, 7) is 4.39.